The fourth-order valence-electron chi connectivity index (χ4n) is 3.94. The average molecular weight is 481 g/mol. The van der Waals surface area contributed by atoms with Crippen molar-refractivity contribution in [3.63, 3.8) is 0 Å². The van der Waals surface area contributed by atoms with Gasteiger partial charge >= 0.3 is 5.69 Å². The molecular weight excluding hydrogens is 455 g/mol. The van der Waals surface area contributed by atoms with Gasteiger partial charge in [0.15, 0.2) is 11.5 Å². The number of aryl methyl sites for hydroxylation is 1. The van der Waals surface area contributed by atoms with Crippen LogP contribution in [0.5, 0.6) is 5.75 Å². The second-order valence-electron chi connectivity index (χ2n) is 7.78. The van der Waals surface area contributed by atoms with Crippen LogP contribution in [-0.4, -0.2) is 54.5 Å². The van der Waals surface area contributed by atoms with Gasteiger partial charge in [-0.25, -0.2) is 9.78 Å². The number of benzene rings is 1. The largest absolute Gasteiger partial charge is 0.491 e. The highest BCUT2D eigenvalue weighted by atomic mass is 35.5. The summed E-state index contributed by atoms with van der Waals surface area (Å²) in [6.07, 6.45) is 5.17. The minimum atomic E-state index is -0.259. The molecule has 1 aliphatic heterocycles. The van der Waals surface area contributed by atoms with Crippen molar-refractivity contribution in [1.82, 2.24) is 35.3 Å². The van der Waals surface area contributed by atoms with E-state index in [1.54, 1.807) is 0 Å². The number of H-pyrrole nitrogens is 2. The van der Waals surface area contributed by atoms with Gasteiger partial charge in [0.1, 0.15) is 5.75 Å². The molecular formula is C20H26Cl2N8O2. The summed E-state index contributed by atoms with van der Waals surface area (Å²) in [5, 5.41) is 15.4. The Morgan fingerprint density at radius 3 is 2.75 bits per heavy atom. The zero-order chi connectivity index (χ0) is 20.5. The Balaban J connectivity index is 0.00000144. The van der Waals surface area contributed by atoms with Gasteiger partial charge in [-0.1, -0.05) is 0 Å². The summed E-state index contributed by atoms with van der Waals surface area (Å²) >= 11 is 0. The first kappa shape index (κ1) is 23.8. The summed E-state index contributed by atoms with van der Waals surface area (Å²) in [4.78, 5) is 23.2. The van der Waals surface area contributed by atoms with Crippen molar-refractivity contribution < 1.29 is 4.74 Å². The molecule has 172 valence electrons. The molecule has 12 heteroatoms. The average Bonchev–Trinajstić information content (AvgIpc) is 3.36. The van der Waals surface area contributed by atoms with E-state index in [1.165, 1.54) is 19.3 Å². The highest BCUT2D eigenvalue weighted by Crippen LogP contribution is 2.23. The summed E-state index contributed by atoms with van der Waals surface area (Å²) in [6, 6.07) is 7.65. The zero-order valence-corrected chi connectivity index (χ0v) is 19.3. The van der Waals surface area contributed by atoms with Crippen LogP contribution in [0.3, 0.4) is 0 Å². The molecule has 0 spiro atoms. The molecule has 2 N–H and O–H groups in total. The summed E-state index contributed by atoms with van der Waals surface area (Å²) in [6.45, 7) is 4.04. The molecule has 1 unspecified atom stereocenters. The van der Waals surface area contributed by atoms with E-state index < -0.39 is 0 Å². The van der Waals surface area contributed by atoms with Gasteiger partial charge < -0.3 is 9.72 Å². The maximum atomic E-state index is 11.5. The standard InChI is InChI=1S/C20H24N8O2.2ClH/c1-13(5-8-18-24-25-26-28(18)27-9-3-2-4-10-27)30-15-6-7-16-14(11-15)12-17-19(21-16)23-20(29)22-17;;/h6-7,11-13H,2-5,8-10H2,1H3,(H2,21,22,23,29);2*1H. The Hall–Kier alpha value is -2.85. The third kappa shape index (κ3) is 4.97. The molecule has 5 rings (SSSR count). The normalized spacial score (nSPS) is 14.7. The number of nitrogens with zero attached hydrogens (tertiary/aromatic N) is 6. The first-order chi connectivity index (χ1) is 14.7. The van der Waals surface area contributed by atoms with E-state index in [9.17, 15) is 4.79 Å². The van der Waals surface area contributed by atoms with Crippen LogP contribution >= 0.6 is 24.8 Å². The number of halogens is 2. The summed E-state index contributed by atoms with van der Waals surface area (Å²) in [5.41, 5.74) is 1.78. The molecule has 0 aliphatic carbocycles. The second kappa shape index (κ2) is 10.2. The lowest BCUT2D eigenvalue weighted by molar-refractivity contribution is 0.210. The number of piperidine rings is 1. The number of hydrogen-bond donors (Lipinski definition) is 2. The second-order valence-corrected chi connectivity index (χ2v) is 7.78. The Morgan fingerprint density at radius 1 is 1.12 bits per heavy atom. The Kier molecular flexibility index (Phi) is 7.57. The summed E-state index contributed by atoms with van der Waals surface area (Å²) in [5.74, 6) is 1.64. The maximum absolute atomic E-state index is 11.5. The van der Waals surface area contributed by atoms with Gasteiger partial charge in [-0.05, 0) is 67.3 Å². The van der Waals surface area contributed by atoms with Crippen LogP contribution in [-0.2, 0) is 6.42 Å². The third-order valence-corrected chi connectivity index (χ3v) is 5.49. The Labute approximate surface area is 196 Å². The lowest BCUT2D eigenvalue weighted by Gasteiger charge is -2.28. The molecule has 1 aliphatic rings. The van der Waals surface area contributed by atoms with Crippen molar-refractivity contribution in [1.29, 1.82) is 0 Å². The fourth-order valence-corrected chi connectivity index (χ4v) is 3.94. The number of fused-ring (bicyclic) bond motifs is 2. The summed E-state index contributed by atoms with van der Waals surface area (Å²) < 4.78 is 6.12. The van der Waals surface area contributed by atoms with Crippen molar-refractivity contribution in [2.45, 2.75) is 45.1 Å². The number of rotatable bonds is 6. The van der Waals surface area contributed by atoms with Gasteiger partial charge in [0.25, 0.3) is 0 Å². The van der Waals surface area contributed by atoms with E-state index in [0.29, 0.717) is 11.2 Å². The topological polar surface area (TPSA) is 118 Å². The van der Waals surface area contributed by atoms with Crippen molar-refractivity contribution in [2.75, 3.05) is 18.1 Å². The first-order valence-corrected chi connectivity index (χ1v) is 10.4. The highest BCUT2D eigenvalue weighted by Gasteiger charge is 2.17. The molecule has 4 heterocycles. The smallest absolute Gasteiger partial charge is 0.325 e. The van der Waals surface area contributed by atoms with E-state index in [-0.39, 0.29) is 36.6 Å². The zero-order valence-electron chi connectivity index (χ0n) is 17.7. The van der Waals surface area contributed by atoms with Crippen LogP contribution in [0.15, 0.2) is 29.1 Å². The number of nitrogens with one attached hydrogen (secondary N) is 2. The Bertz CT molecular complexity index is 1230. The number of aromatic amines is 2. The fraction of sp³-hybridized carbons (Fsp3) is 0.450. The van der Waals surface area contributed by atoms with Crippen LogP contribution in [0.1, 0.15) is 38.4 Å². The predicted octanol–water partition coefficient (Wildman–Crippen LogP) is 2.76. The van der Waals surface area contributed by atoms with Gasteiger partial charge in [0.2, 0.25) is 0 Å². The van der Waals surface area contributed by atoms with Crippen LogP contribution in [0.25, 0.3) is 22.1 Å². The monoisotopic (exact) mass is 480 g/mol. The molecule has 1 atom stereocenters. The molecule has 0 amide bonds. The third-order valence-electron chi connectivity index (χ3n) is 5.49. The number of imidazole rings is 1. The van der Waals surface area contributed by atoms with Crippen molar-refractivity contribution in [3.8, 4) is 5.75 Å². The van der Waals surface area contributed by atoms with Gasteiger partial charge in [0, 0.05) is 24.9 Å². The number of pyridine rings is 1. The minimum Gasteiger partial charge on any atom is -0.491 e. The number of ether oxygens (including phenoxy) is 1. The maximum Gasteiger partial charge on any atom is 0.325 e. The van der Waals surface area contributed by atoms with Crippen LogP contribution in [0.2, 0.25) is 0 Å². The van der Waals surface area contributed by atoms with Crippen molar-refractivity contribution >= 4 is 46.9 Å². The molecule has 0 bridgehead atoms. The molecule has 1 fully saturated rings. The minimum absolute atomic E-state index is 0. The van der Waals surface area contributed by atoms with Gasteiger partial charge in [-0.3, -0.25) is 9.99 Å². The van der Waals surface area contributed by atoms with E-state index >= 15 is 0 Å². The number of hydrogen-bond acceptors (Lipinski definition) is 7. The van der Waals surface area contributed by atoms with Gasteiger partial charge in [-0.15, -0.1) is 34.7 Å². The lowest BCUT2D eigenvalue weighted by Crippen LogP contribution is -2.41. The molecule has 4 aromatic rings. The molecule has 0 saturated carbocycles. The quantitative estimate of drug-likeness (QED) is 0.435. The highest BCUT2D eigenvalue weighted by molar-refractivity contribution is 5.90. The number of tetrazole rings is 1. The Morgan fingerprint density at radius 2 is 1.94 bits per heavy atom. The molecule has 0 radical (unpaired) electrons. The van der Waals surface area contributed by atoms with Gasteiger partial charge in [-0.2, -0.15) is 0 Å². The SMILES string of the molecule is CC(CCc1nnnn1N1CCCCC1)Oc1ccc2nc3[nH]c(=O)[nH]c3cc2c1.Cl.Cl. The van der Waals surface area contributed by atoms with Crippen molar-refractivity contribution in [2.24, 2.45) is 0 Å². The lowest BCUT2D eigenvalue weighted by atomic mass is 10.1. The molecule has 1 aromatic carbocycles. The van der Waals surface area contributed by atoms with Crippen LogP contribution < -0.4 is 15.4 Å². The van der Waals surface area contributed by atoms with E-state index in [0.717, 1.165) is 48.4 Å². The van der Waals surface area contributed by atoms with Crippen LogP contribution in [0.4, 0.5) is 0 Å². The molecule has 3 aromatic heterocycles. The predicted molar refractivity (Wildman–Crippen MR) is 127 cm³/mol. The van der Waals surface area contributed by atoms with E-state index in [2.05, 4.69) is 35.5 Å². The van der Waals surface area contributed by atoms with Crippen molar-refractivity contribution in [3.05, 3.63) is 40.6 Å². The van der Waals surface area contributed by atoms with Crippen LogP contribution in [0, 0.1) is 0 Å². The molecule has 1 saturated heterocycles. The molecule has 10 nitrogen and oxygen atoms in total. The van der Waals surface area contributed by atoms with E-state index in [4.69, 9.17) is 4.74 Å². The summed E-state index contributed by atoms with van der Waals surface area (Å²) in [7, 11) is 0. The van der Waals surface area contributed by atoms with E-state index in [1.807, 2.05) is 36.0 Å². The molecule has 32 heavy (non-hydrogen) atoms. The number of aromatic nitrogens is 7. The first-order valence-electron chi connectivity index (χ1n) is 10.4. The van der Waals surface area contributed by atoms with Gasteiger partial charge in [0.05, 0.1) is 17.1 Å².